The fourth-order valence-corrected chi connectivity index (χ4v) is 3.40. The molecule has 0 unspecified atom stereocenters. The summed E-state index contributed by atoms with van der Waals surface area (Å²) in [6, 6.07) is 3.12. The Morgan fingerprint density at radius 3 is 2.65 bits per heavy atom. The molecule has 8 heteroatoms. The van der Waals surface area contributed by atoms with Gasteiger partial charge >= 0.3 is 0 Å². The molecule has 1 heterocycles. The number of benzene rings is 1. The summed E-state index contributed by atoms with van der Waals surface area (Å²) in [4.78, 5) is 13.9. The second-order valence-corrected chi connectivity index (χ2v) is 7.88. The number of rotatable bonds is 4. The number of carbonyl (C=O) groups excluding carboxylic acids is 1. The number of hydrogen-bond acceptors (Lipinski definition) is 3. The van der Waals surface area contributed by atoms with Gasteiger partial charge in [-0.25, -0.2) is 21.5 Å². The number of halogens is 2. The molecular formula is C15H20F2N2O3S. The van der Waals surface area contributed by atoms with Crippen molar-refractivity contribution in [2.24, 2.45) is 0 Å². The van der Waals surface area contributed by atoms with Crippen molar-refractivity contribution in [1.29, 1.82) is 0 Å². The molecule has 23 heavy (non-hydrogen) atoms. The van der Waals surface area contributed by atoms with E-state index in [0.717, 1.165) is 18.4 Å². The smallest absolute Gasteiger partial charge is 0.227 e. The van der Waals surface area contributed by atoms with Crippen molar-refractivity contribution in [1.82, 2.24) is 9.21 Å². The SMILES string of the molecule is CN([C@H]1CCCN(C(=O)Cc2ccc(F)c(F)c2)C1)S(C)(=O)=O. The molecule has 2 rings (SSSR count). The minimum atomic E-state index is -3.32. The van der Waals surface area contributed by atoms with Crippen molar-refractivity contribution >= 4 is 15.9 Å². The Kier molecular flexibility index (Phi) is 5.36. The number of hydrogen-bond donors (Lipinski definition) is 0. The summed E-state index contributed by atoms with van der Waals surface area (Å²) in [5, 5.41) is 0. The zero-order chi connectivity index (χ0) is 17.2. The molecule has 1 aromatic carbocycles. The molecule has 0 bridgehead atoms. The van der Waals surface area contributed by atoms with Gasteiger partial charge in [0.15, 0.2) is 11.6 Å². The molecular weight excluding hydrogens is 326 g/mol. The summed E-state index contributed by atoms with van der Waals surface area (Å²) in [7, 11) is -1.81. The van der Waals surface area contributed by atoms with Crippen molar-refractivity contribution in [3.63, 3.8) is 0 Å². The van der Waals surface area contributed by atoms with Crippen molar-refractivity contribution < 1.29 is 22.0 Å². The largest absolute Gasteiger partial charge is 0.341 e. The van der Waals surface area contributed by atoms with Gasteiger partial charge in [0.1, 0.15) is 0 Å². The summed E-state index contributed by atoms with van der Waals surface area (Å²) < 4.78 is 50.6. The summed E-state index contributed by atoms with van der Waals surface area (Å²) in [6.07, 6.45) is 2.49. The standard InChI is InChI=1S/C15H20F2N2O3S/c1-18(23(2,21)22)12-4-3-7-19(10-12)15(20)9-11-5-6-13(16)14(17)8-11/h5-6,8,12H,3-4,7,9-10H2,1-2H3/t12-/m0/s1. The number of nitrogens with zero attached hydrogens (tertiary/aromatic N) is 2. The van der Waals surface area contributed by atoms with Gasteiger partial charge < -0.3 is 4.90 Å². The first-order valence-corrected chi connectivity index (χ1v) is 9.18. The lowest BCUT2D eigenvalue weighted by Gasteiger charge is -2.36. The van der Waals surface area contributed by atoms with Crippen LogP contribution < -0.4 is 0 Å². The highest BCUT2D eigenvalue weighted by Gasteiger charge is 2.29. The topological polar surface area (TPSA) is 57.7 Å². The van der Waals surface area contributed by atoms with Gasteiger partial charge in [0.2, 0.25) is 15.9 Å². The van der Waals surface area contributed by atoms with Crippen molar-refractivity contribution in [3.8, 4) is 0 Å². The van der Waals surface area contributed by atoms with Crippen LogP contribution in [0.1, 0.15) is 18.4 Å². The first-order valence-electron chi connectivity index (χ1n) is 7.33. The maximum Gasteiger partial charge on any atom is 0.227 e. The maximum atomic E-state index is 13.2. The van der Waals surface area contributed by atoms with Crippen LogP contribution in [0.2, 0.25) is 0 Å². The van der Waals surface area contributed by atoms with E-state index in [9.17, 15) is 22.0 Å². The summed E-state index contributed by atoms with van der Waals surface area (Å²) >= 11 is 0. The number of likely N-dealkylation sites (tertiary alicyclic amines) is 1. The van der Waals surface area contributed by atoms with Crippen LogP contribution in [0.15, 0.2) is 18.2 Å². The van der Waals surface area contributed by atoms with Gasteiger partial charge in [-0.3, -0.25) is 4.79 Å². The Labute approximate surface area is 134 Å². The maximum absolute atomic E-state index is 13.2. The second kappa shape index (κ2) is 6.92. The van der Waals surface area contributed by atoms with Crippen LogP contribution >= 0.6 is 0 Å². The highest BCUT2D eigenvalue weighted by atomic mass is 32.2. The van der Waals surface area contributed by atoms with E-state index >= 15 is 0 Å². The molecule has 1 aliphatic heterocycles. The van der Waals surface area contributed by atoms with Crippen LogP contribution in [-0.2, 0) is 21.2 Å². The minimum Gasteiger partial charge on any atom is -0.341 e. The monoisotopic (exact) mass is 346 g/mol. The van der Waals surface area contributed by atoms with E-state index in [2.05, 4.69) is 0 Å². The zero-order valence-corrected chi connectivity index (χ0v) is 13.9. The van der Waals surface area contributed by atoms with Crippen LogP contribution in [0.4, 0.5) is 8.78 Å². The van der Waals surface area contributed by atoms with E-state index in [-0.39, 0.29) is 18.4 Å². The lowest BCUT2D eigenvalue weighted by Crippen LogP contribution is -2.50. The van der Waals surface area contributed by atoms with Gasteiger partial charge in [-0.15, -0.1) is 0 Å². The Morgan fingerprint density at radius 1 is 1.35 bits per heavy atom. The van der Waals surface area contributed by atoms with E-state index in [1.165, 1.54) is 17.4 Å². The van der Waals surface area contributed by atoms with Crippen LogP contribution in [-0.4, -0.2) is 56.0 Å². The lowest BCUT2D eigenvalue weighted by atomic mass is 10.0. The quantitative estimate of drug-likeness (QED) is 0.828. The van der Waals surface area contributed by atoms with Gasteiger partial charge in [0.05, 0.1) is 12.7 Å². The van der Waals surface area contributed by atoms with Gasteiger partial charge in [0, 0.05) is 26.2 Å². The Balaban J connectivity index is 2.03. The molecule has 0 aliphatic carbocycles. The first kappa shape index (κ1) is 17.8. The van der Waals surface area contributed by atoms with E-state index in [4.69, 9.17) is 0 Å². The van der Waals surface area contributed by atoms with Crippen molar-refractivity contribution in [2.75, 3.05) is 26.4 Å². The third kappa shape index (κ3) is 4.48. The number of carbonyl (C=O) groups is 1. The third-order valence-electron chi connectivity index (χ3n) is 4.13. The molecule has 0 aromatic heterocycles. The van der Waals surface area contributed by atoms with Crippen molar-refractivity contribution in [3.05, 3.63) is 35.4 Å². The molecule has 0 radical (unpaired) electrons. The molecule has 0 saturated carbocycles. The van der Waals surface area contributed by atoms with Gasteiger partial charge in [-0.05, 0) is 30.5 Å². The number of sulfonamides is 1. The van der Waals surface area contributed by atoms with Gasteiger partial charge in [-0.1, -0.05) is 6.07 Å². The molecule has 1 saturated heterocycles. The van der Waals surface area contributed by atoms with Gasteiger partial charge in [0.25, 0.3) is 0 Å². The average Bonchev–Trinajstić information content (AvgIpc) is 2.49. The third-order valence-corrected chi connectivity index (χ3v) is 5.47. The van der Waals surface area contributed by atoms with E-state index in [0.29, 0.717) is 31.5 Å². The summed E-state index contributed by atoms with van der Waals surface area (Å²) in [6.45, 7) is 0.850. The molecule has 1 aliphatic rings. The predicted octanol–water partition coefficient (Wildman–Crippen LogP) is 1.39. The Bertz CT molecular complexity index is 694. The molecule has 1 atom stereocenters. The van der Waals surface area contributed by atoms with E-state index < -0.39 is 21.7 Å². The Morgan fingerprint density at radius 2 is 2.04 bits per heavy atom. The minimum absolute atomic E-state index is 0.0352. The van der Waals surface area contributed by atoms with Crippen LogP contribution in [0, 0.1) is 11.6 Å². The normalized spacial score (nSPS) is 19.2. The fraction of sp³-hybridized carbons (Fsp3) is 0.533. The van der Waals surface area contributed by atoms with Gasteiger partial charge in [-0.2, -0.15) is 0 Å². The highest BCUT2D eigenvalue weighted by molar-refractivity contribution is 7.88. The number of likely N-dealkylation sites (N-methyl/N-ethyl adjacent to an activating group) is 1. The molecule has 128 valence electrons. The molecule has 5 nitrogen and oxygen atoms in total. The molecule has 0 spiro atoms. The fourth-order valence-electron chi connectivity index (χ4n) is 2.68. The summed E-state index contributed by atoms with van der Waals surface area (Å²) in [5.74, 6) is -2.15. The lowest BCUT2D eigenvalue weighted by molar-refractivity contribution is -0.132. The van der Waals surface area contributed by atoms with E-state index in [1.54, 1.807) is 4.90 Å². The highest BCUT2D eigenvalue weighted by Crippen LogP contribution is 2.18. The Hall–Kier alpha value is -1.54. The van der Waals surface area contributed by atoms with Crippen LogP contribution in [0.5, 0.6) is 0 Å². The second-order valence-electron chi connectivity index (χ2n) is 5.84. The van der Waals surface area contributed by atoms with Crippen LogP contribution in [0.25, 0.3) is 0 Å². The molecule has 1 aromatic rings. The summed E-state index contributed by atoms with van der Waals surface area (Å²) in [5.41, 5.74) is 0.396. The molecule has 0 N–H and O–H groups in total. The van der Waals surface area contributed by atoms with E-state index in [1.807, 2.05) is 0 Å². The van der Waals surface area contributed by atoms with Crippen molar-refractivity contribution in [2.45, 2.75) is 25.3 Å². The molecule has 1 fully saturated rings. The zero-order valence-electron chi connectivity index (χ0n) is 13.1. The number of piperidine rings is 1. The first-order chi connectivity index (χ1) is 10.7. The molecule has 1 amide bonds. The van der Waals surface area contributed by atoms with Crippen LogP contribution in [0.3, 0.4) is 0 Å². The number of amides is 1. The predicted molar refractivity (Wildman–Crippen MR) is 82.3 cm³/mol. The average molecular weight is 346 g/mol.